The highest BCUT2D eigenvalue weighted by atomic mass is 16.5. The lowest BCUT2D eigenvalue weighted by molar-refractivity contribution is 0.354. The Morgan fingerprint density at radius 3 is 2.35 bits per heavy atom. The number of nitrogens with zero attached hydrogens (tertiary/aromatic N) is 1. The normalized spacial score (nSPS) is 12.4. The van der Waals surface area contributed by atoms with E-state index in [0.29, 0.717) is 0 Å². The second-order valence-electron chi connectivity index (χ2n) is 5.79. The third kappa shape index (κ3) is 2.29. The Bertz CT molecular complexity index is 850. The molecule has 0 unspecified atom stereocenters. The van der Waals surface area contributed by atoms with Crippen LogP contribution in [0, 0.1) is 0 Å². The van der Waals surface area contributed by atoms with Crippen LogP contribution in [0.2, 0.25) is 0 Å². The van der Waals surface area contributed by atoms with Crippen LogP contribution >= 0.6 is 0 Å². The van der Waals surface area contributed by atoms with Crippen molar-refractivity contribution in [2.24, 2.45) is 0 Å². The van der Waals surface area contributed by atoms with E-state index in [1.807, 2.05) is 6.07 Å². The van der Waals surface area contributed by atoms with E-state index in [2.05, 4.69) is 53.2 Å². The fourth-order valence-electron chi connectivity index (χ4n) is 3.32. The summed E-state index contributed by atoms with van der Waals surface area (Å²) in [4.78, 5) is 0. The summed E-state index contributed by atoms with van der Waals surface area (Å²) in [6, 6.07) is 17.0. The molecule has 0 amide bonds. The summed E-state index contributed by atoms with van der Waals surface area (Å²) >= 11 is 0. The highest BCUT2D eigenvalue weighted by Crippen LogP contribution is 2.40. The van der Waals surface area contributed by atoms with Crippen LogP contribution in [0.5, 0.6) is 11.5 Å². The van der Waals surface area contributed by atoms with Gasteiger partial charge in [-0.15, -0.1) is 0 Å². The maximum Gasteiger partial charge on any atom is 0.161 e. The largest absolute Gasteiger partial charge is 0.493 e. The topological polar surface area (TPSA) is 23.4 Å². The molecule has 116 valence electrons. The number of methoxy groups -OCH3 is 2. The monoisotopic (exact) mass is 305 g/mol. The van der Waals surface area contributed by atoms with Gasteiger partial charge >= 0.3 is 0 Å². The van der Waals surface area contributed by atoms with Gasteiger partial charge in [0.15, 0.2) is 11.5 Å². The van der Waals surface area contributed by atoms with Gasteiger partial charge in [0, 0.05) is 24.0 Å². The Hall–Kier alpha value is -2.68. The minimum Gasteiger partial charge on any atom is -0.493 e. The van der Waals surface area contributed by atoms with E-state index in [-0.39, 0.29) is 0 Å². The van der Waals surface area contributed by atoms with Crippen molar-refractivity contribution in [3.05, 3.63) is 60.3 Å². The van der Waals surface area contributed by atoms with Crippen molar-refractivity contribution in [3.63, 3.8) is 0 Å². The Balaban J connectivity index is 1.85. The molecule has 3 aromatic rings. The van der Waals surface area contributed by atoms with Gasteiger partial charge in [0.05, 0.1) is 14.2 Å². The van der Waals surface area contributed by atoms with Crippen molar-refractivity contribution in [1.29, 1.82) is 0 Å². The third-order valence-corrected chi connectivity index (χ3v) is 4.51. The second-order valence-corrected chi connectivity index (χ2v) is 5.79. The van der Waals surface area contributed by atoms with Crippen molar-refractivity contribution in [3.8, 4) is 33.9 Å². The quantitative estimate of drug-likeness (QED) is 0.716. The molecule has 0 radical (unpaired) electrons. The molecule has 0 aliphatic carbocycles. The first kappa shape index (κ1) is 13.9. The zero-order valence-electron chi connectivity index (χ0n) is 13.4. The number of hydrogen-bond acceptors (Lipinski definition) is 2. The van der Waals surface area contributed by atoms with Crippen LogP contribution in [0.15, 0.2) is 54.7 Å². The average Bonchev–Trinajstić information content (AvgIpc) is 3.06. The number of hydrogen-bond donors (Lipinski definition) is 0. The van der Waals surface area contributed by atoms with Gasteiger partial charge < -0.3 is 14.0 Å². The van der Waals surface area contributed by atoms with E-state index < -0.39 is 0 Å². The summed E-state index contributed by atoms with van der Waals surface area (Å²) in [5.41, 5.74) is 6.29. The highest BCUT2D eigenvalue weighted by Gasteiger charge is 2.20. The highest BCUT2D eigenvalue weighted by molar-refractivity contribution is 5.76. The molecule has 23 heavy (non-hydrogen) atoms. The van der Waals surface area contributed by atoms with E-state index in [9.17, 15) is 0 Å². The predicted molar refractivity (Wildman–Crippen MR) is 92.1 cm³/mol. The average molecular weight is 305 g/mol. The molecule has 3 nitrogen and oxygen atoms in total. The van der Waals surface area contributed by atoms with Gasteiger partial charge in [-0.05, 0) is 41.3 Å². The first-order chi connectivity index (χ1) is 11.3. The molecule has 0 fully saturated rings. The fourth-order valence-corrected chi connectivity index (χ4v) is 3.32. The zero-order valence-corrected chi connectivity index (χ0v) is 13.4. The van der Waals surface area contributed by atoms with Gasteiger partial charge in [0.1, 0.15) is 0 Å². The molecule has 0 atom stereocenters. The molecule has 1 aliphatic heterocycles. The van der Waals surface area contributed by atoms with E-state index in [1.165, 1.54) is 27.9 Å². The van der Waals surface area contributed by atoms with Gasteiger partial charge in [0.25, 0.3) is 0 Å². The lowest BCUT2D eigenvalue weighted by atomic mass is 9.97. The SMILES string of the molecule is COc1cc2c(cc1OC)-c1cc(-c3ccccc3)cn1CC2. The number of aromatic nitrogens is 1. The Kier molecular flexibility index (Phi) is 3.34. The molecule has 0 saturated heterocycles. The number of fused-ring (bicyclic) bond motifs is 3. The van der Waals surface area contributed by atoms with Crippen molar-refractivity contribution in [2.45, 2.75) is 13.0 Å². The van der Waals surface area contributed by atoms with Crippen molar-refractivity contribution >= 4 is 0 Å². The second kappa shape index (κ2) is 5.51. The molecule has 0 saturated carbocycles. The molecule has 2 aromatic carbocycles. The van der Waals surface area contributed by atoms with E-state index in [4.69, 9.17) is 9.47 Å². The van der Waals surface area contributed by atoms with Crippen LogP contribution in [-0.2, 0) is 13.0 Å². The van der Waals surface area contributed by atoms with Gasteiger partial charge in [-0.25, -0.2) is 0 Å². The molecule has 3 heteroatoms. The zero-order chi connectivity index (χ0) is 15.8. The van der Waals surface area contributed by atoms with Crippen LogP contribution < -0.4 is 9.47 Å². The van der Waals surface area contributed by atoms with Gasteiger partial charge in [-0.2, -0.15) is 0 Å². The molecule has 1 aromatic heterocycles. The van der Waals surface area contributed by atoms with Crippen LogP contribution in [0.25, 0.3) is 22.4 Å². The summed E-state index contributed by atoms with van der Waals surface area (Å²) in [7, 11) is 3.37. The van der Waals surface area contributed by atoms with Crippen LogP contribution in [0.4, 0.5) is 0 Å². The molecule has 0 N–H and O–H groups in total. The van der Waals surface area contributed by atoms with Crippen molar-refractivity contribution in [1.82, 2.24) is 4.57 Å². The molecular weight excluding hydrogens is 286 g/mol. The van der Waals surface area contributed by atoms with Crippen LogP contribution in [0.1, 0.15) is 5.56 Å². The Morgan fingerprint density at radius 1 is 0.870 bits per heavy atom. The molecule has 1 aliphatic rings. The van der Waals surface area contributed by atoms with Crippen molar-refractivity contribution in [2.75, 3.05) is 14.2 Å². The Labute approximate surface area is 136 Å². The lowest BCUT2D eigenvalue weighted by Crippen LogP contribution is -2.10. The summed E-state index contributed by atoms with van der Waals surface area (Å²) in [5, 5.41) is 0. The fraction of sp³-hybridized carbons (Fsp3) is 0.200. The Morgan fingerprint density at radius 2 is 1.61 bits per heavy atom. The number of benzene rings is 2. The molecule has 2 heterocycles. The smallest absolute Gasteiger partial charge is 0.161 e. The van der Waals surface area contributed by atoms with E-state index in [1.54, 1.807) is 14.2 Å². The molecule has 0 bridgehead atoms. The lowest BCUT2D eigenvalue weighted by Gasteiger charge is -2.21. The van der Waals surface area contributed by atoms with Crippen LogP contribution in [0.3, 0.4) is 0 Å². The first-order valence-electron chi connectivity index (χ1n) is 7.81. The maximum atomic E-state index is 5.47. The van der Waals surface area contributed by atoms with E-state index >= 15 is 0 Å². The van der Waals surface area contributed by atoms with Gasteiger partial charge in [-0.3, -0.25) is 0 Å². The molecule has 0 spiro atoms. The van der Waals surface area contributed by atoms with Gasteiger partial charge in [0.2, 0.25) is 0 Å². The minimum absolute atomic E-state index is 0.780. The van der Waals surface area contributed by atoms with E-state index in [0.717, 1.165) is 24.5 Å². The first-order valence-corrected chi connectivity index (χ1v) is 7.81. The summed E-state index contributed by atoms with van der Waals surface area (Å²) in [5.74, 6) is 1.58. The van der Waals surface area contributed by atoms with Crippen molar-refractivity contribution < 1.29 is 9.47 Å². The summed E-state index contributed by atoms with van der Waals surface area (Å²) in [6.07, 6.45) is 3.25. The predicted octanol–water partition coefficient (Wildman–Crippen LogP) is 4.40. The summed E-state index contributed by atoms with van der Waals surface area (Å²) < 4.78 is 13.2. The number of aryl methyl sites for hydroxylation is 2. The summed E-state index contributed by atoms with van der Waals surface area (Å²) in [6.45, 7) is 0.991. The molecule has 4 rings (SSSR count). The maximum absolute atomic E-state index is 5.47. The van der Waals surface area contributed by atoms with Gasteiger partial charge in [-0.1, -0.05) is 30.3 Å². The minimum atomic E-state index is 0.780. The number of ether oxygens (including phenoxy) is 2. The molecular formula is C20H19NO2. The number of rotatable bonds is 3. The van der Waals surface area contributed by atoms with Crippen LogP contribution in [-0.4, -0.2) is 18.8 Å². The third-order valence-electron chi connectivity index (χ3n) is 4.51. The standard InChI is InChI=1S/C20H19NO2/c1-22-19-11-15-8-9-21-13-16(14-6-4-3-5-7-14)10-18(21)17(15)12-20(19)23-2/h3-7,10-13H,8-9H2,1-2H3.